The third-order valence-electron chi connectivity index (χ3n) is 4.85. The Morgan fingerprint density at radius 2 is 1.81 bits per heavy atom. The smallest absolute Gasteiger partial charge is 0.191 e. The molecule has 0 amide bonds. The zero-order valence-electron chi connectivity index (χ0n) is 16.1. The minimum atomic E-state index is 0.284. The molecular formula is C22H30N4O. The Balaban J connectivity index is 1.49. The van der Waals surface area contributed by atoms with Gasteiger partial charge in [-0.15, -0.1) is 0 Å². The van der Waals surface area contributed by atoms with Crippen LogP contribution >= 0.6 is 0 Å². The first-order valence-corrected chi connectivity index (χ1v) is 9.82. The van der Waals surface area contributed by atoms with E-state index < -0.39 is 0 Å². The van der Waals surface area contributed by atoms with Crippen LogP contribution in [-0.4, -0.2) is 41.6 Å². The van der Waals surface area contributed by atoms with Crippen LogP contribution in [0.4, 0.5) is 0 Å². The molecule has 3 N–H and O–H groups in total. The number of phenols is 1. The van der Waals surface area contributed by atoms with Crippen LogP contribution in [0.25, 0.3) is 0 Å². The van der Waals surface area contributed by atoms with Crippen LogP contribution in [0, 0.1) is 0 Å². The number of hydrogen-bond donors (Lipinski definition) is 3. The molecule has 0 unspecified atom stereocenters. The van der Waals surface area contributed by atoms with Crippen molar-refractivity contribution in [3.8, 4) is 5.75 Å². The molecule has 0 atom stereocenters. The van der Waals surface area contributed by atoms with Crippen molar-refractivity contribution < 1.29 is 5.11 Å². The summed E-state index contributed by atoms with van der Waals surface area (Å²) >= 11 is 0. The SMILES string of the molecule is CCNC(=NCc1cccc(O)c1)NC1CCN(Cc2ccccc2)CC1. The summed E-state index contributed by atoms with van der Waals surface area (Å²) < 4.78 is 0. The summed E-state index contributed by atoms with van der Waals surface area (Å²) in [7, 11) is 0. The summed E-state index contributed by atoms with van der Waals surface area (Å²) in [6.45, 7) is 6.68. The summed E-state index contributed by atoms with van der Waals surface area (Å²) in [5.74, 6) is 1.13. The molecule has 2 aromatic rings. The summed E-state index contributed by atoms with van der Waals surface area (Å²) in [6.07, 6.45) is 2.23. The number of benzene rings is 2. The maximum Gasteiger partial charge on any atom is 0.191 e. The second-order valence-electron chi connectivity index (χ2n) is 7.05. The van der Waals surface area contributed by atoms with Gasteiger partial charge in [-0.1, -0.05) is 42.5 Å². The van der Waals surface area contributed by atoms with Crippen molar-refractivity contribution in [2.45, 2.75) is 38.9 Å². The van der Waals surface area contributed by atoms with Gasteiger partial charge in [-0.2, -0.15) is 0 Å². The maximum atomic E-state index is 9.59. The fourth-order valence-corrected chi connectivity index (χ4v) is 3.42. The highest BCUT2D eigenvalue weighted by molar-refractivity contribution is 5.80. The quantitative estimate of drug-likeness (QED) is 0.543. The van der Waals surface area contributed by atoms with Crippen LogP contribution in [0.5, 0.6) is 5.75 Å². The lowest BCUT2D eigenvalue weighted by atomic mass is 10.0. The monoisotopic (exact) mass is 366 g/mol. The van der Waals surface area contributed by atoms with E-state index in [1.165, 1.54) is 5.56 Å². The molecule has 1 heterocycles. The number of piperidine rings is 1. The number of aliphatic imine (C=N–C) groups is 1. The highest BCUT2D eigenvalue weighted by atomic mass is 16.3. The van der Waals surface area contributed by atoms with Gasteiger partial charge in [-0.25, -0.2) is 4.99 Å². The Hall–Kier alpha value is -2.53. The molecule has 3 rings (SSSR count). The minimum absolute atomic E-state index is 0.284. The largest absolute Gasteiger partial charge is 0.508 e. The van der Waals surface area contributed by atoms with Gasteiger partial charge in [0, 0.05) is 32.2 Å². The van der Waals surface area contributed by atoms with E-state index in [9.17, 15) is 5.11 Å². The second kappa shape index (κ2) is 9.97. The van der Waals surface area contributed by atoms with Gasteiger partial charge < -0.3 is 15.7 Å². The number of guanidine groups is 1. The van der Waals surface area contributed by atoms with Gasteiger partial charge in [-0.3, -0.25) is 4.90 Å². The summed E-state index contributed by atoms with van der Waals surface area (Å²) in [5, 5.41) is 16.5. The Morgan fingerprint density at radius 3 is 2.52 bits per heavy atom. The number of nitrogens with one attached hydrogen (secondary N) is 2. The Labute approximate surface area is 162 Å². The Bertz CT molecular complexity index is 724. The fraction of sp³-hybridized carbons (Fsp3) is 0.409. The normalized spacial score (nSPS) is 16.3. The lowest BCUT2D eigenvalue weighted by Gasteiger charge is -2.33. The highest BCUT2D eigenvalue weighted by Crippen LogP contribution is 2.14. The van der Waals surface area contributed by atoms with Crippen molar-refractivity contribution in [1.82, 2.24) is 15.5 Å². The molecule has 144 valence electrons. The topological polar surface area (TPSA) is 59.9 Å². The number of nitrogens with zero attached hydrogens (tertiary/aromatic N) is 2. The van der Waals surface area contributed by atoms with E-state index in [-0.39, 0.29) is 5.75 Å². The maximum absolute atomic E-state index is 9.59. The fourth-order valence-electron chi connectivity index (χ4n) is 3.42. The van der Waals surface area contributed by atoms with Crippen molar-refractivity contribution in [3.63, 3.8) is 0 Å². The predicted octanol–water partition coefficient (Wildman–Crippen LogP) is 3.11. The Morgan fingerprint density at radius 1 is 1.07 bits per heavy atom. The van der Waals surface area contributed by atoms with Gasteiger partial charge in [0.1, 0.15) is 5.75 Å². The van der Waals surface area contributed by atoms with Crippen molar-refractivity contribution >= 4 is 5.96 Å². The molecule has 0 spiro atoms. The molecular weight excluding hydrogens is 336 g/mol. The zero-order valence-corrected chi connectivity index (χ0v) is 16.1. The molecule has 5 nitrogen and oxygen atoms in total. The van der Waals surface area contributed by atoms with Gasteiger partial charge in [0.25, 0.3) is 0 Å². The third kappa shape index (κ3) is 6.29. The van der Waals surface area contributed by atoms with Gasteiger partial charge in [0.15, 0.2) is 5.96 Å². The van der Waals surface area contributed by atoms with E-state index in [2.05, 4.69) is 57.8 Å². The molecule has 0 aliphatic carbocycles. The molecule has 1 saturated heterocycles. The van der Waals surface area contributed by atoms with Crippen LogP contribution in [0.2, 0.25) is 0 Å². The third-order valence-corrected chi connectivity index (χ3v) is 4.85. The molecule has 0 aromatic heterocycles. The number of likely N-dealkylation sites (tertiary alicyclic amines) is 1. The summed E-state index contributed by atoms with van der Waals surface area (Å²) in [4.78, 5) is 7.19. The number of rotatable bonds is 6. The van der Waals surface area contributed by atoms with Crippen LogP contribution in [0.15, 0.2) is 59.6 Å². The molecule has 1 aliphatic heterocycles. The second-order valence-corrected chi connectivity index (χ2v) is 7.05. The van der Waals surface area contributed by atoms with E-state index >= 15 is 0 Å². The minimum Gasteiger partial charge on any atom is -0.508 e. The molecule has 0 radical (unpaired) electrons. The molecule has 0 bridgehead atoms. The molecule has 1 aliphatic rings. The number of hydrogen-bond acceptors (Lipinski definition) is 3. The standard InChI is InChI=1S/C22H30N4O/c1-2-23-22(24-16-19-9-6-10-21(27)15-19)25-20-11-13-26(14-12-20)17-18-7-4-3-5-8-18/h3-10,15,20,27H,2,11-14,16-17H2,1H3,(H2,23,24,25). The Kier molecular flexibility index (Phi) is 7.11. The lowest BCUT2D eigenvalue weighted by Crippen LogP contribution is -2.48. The number of aromatic hydroxyl groups is 1. The van der Waals surface area contributed by atoms with Gasteiger partial charge >= 0.3 is 0 Å². The van der Waals surface area contributed by atoms with Crippen molar-refractivity contribution in [3.05, 3.63) is 65.7 Å². The molecule has 1 fully saturated rings. The van der Waals surface area contributed by atoms with Crippen LogP contribution in [-0.2, 0) is 13.1 Å². The lowest BCUT2D eigenvalue weighted by molar-refractivity contribution is 0.198. The van der Waals surface area contributed by atoms with E-state index in [0.29, 0.717) is 12.6 Å². The van der Waals surface area contributed by atoms with Crippen LogP contribution < -0.4 is 10.6 Å². The van der Waals surface area contributed by atoms with Gasteiger partial charge in [0.2, 0.25) is 0 Å². The molecule has 0 saturated carbocycles. The van der Waals surface area contributed by atoms with E-state index in [0.717, 1.165) is 50.5 Å². The highest BCUT2D eigenvalue weighted by Gasteiger charge is 2.20. The average Bonchev–Trinajstić information content (AvgIpc) is 2.69. The molecule has 5 heteroatoms. The van der Waals surface area contributed by atoms with E-state index in [1.807, 2.05) is 12.1 Å². The van der Waals surface area contributed by atoms with E-state index in [1.54, 1.807) is 12.1 Å². The first-order chi connectivity index (χ1) is 13.2. The van der Waals surface area contributed by atoms with Crippen molar-refractivity contribution in [2.24, 2.45) is 4.99 Å². The zero-order chi connectivity index (χ0) is 18.9. The van der Waals surface area contributed by atoms with Crippen LogP contribution in [0.1, 0.15) is 30.9 Å². The first kappa shape index (κ1) is 19.2. The molecule has 2 aromatic carbocycles. The van der Waals surface area contributed by atoms with Crippen LogP contribution in [0.3, 0.4) is 0 Å². The summed E-state index contributed by atoms with van der Waals surface area (Å²) in [5.41, 5.74) is 2.38. The van der Waals surface area contributed by atoms with E-state index in [4.69, 9.17) is 0 Å². The van der Waals surface area contributed by atoms with Gasteiger partial charge in [-0.05, 0) is 43.0 Å². The van der Waals surface area contributed by atoms with Crippen molar-refractivity contribution in [2.75, 3.05) is 19.6 Å². The van der Waals surface area contributed by atoms with Gasteiger partial charge in [0.05, 0.1) is 6.54 Å². The summed E-state index contributed by atoms with van der Waals surface area (Å²) in [6, 6.07) is 18.4. The van der Waals surface area contributed by atoms with Crippen molar-refractivity contribution in [1.29, 1.82) is 0 Å². The molecule has 27 heavy (non-hydrogen) atoms. The average molecular weight is 367 g/mol. The predicted molar refractivity (Wildman–Crippen MR) is 111 cm³/mol. The first-order valence-electron chi connectivity index (χ1n) is 9.82. The number of phenolic OH excluding ortho intramolecular Hbond substituents is 1.